The van der Waals surface area contributed by atoms with Crippen molar-refractivity contribution in [3.05, 3.63) is 0 Å². The van der Waals surface area contributed by atoms with Crippen molar-refractivity contribution in [2.45, 2.75) is 309 Å². The van der Waals surface area contributed by atoms with Gasteiger partial charge in [0.2, 0.25) is 11.8 Å². The number of amides is 2. The highest BCUT2D eigenvalue weighted by Crippen LogP contribution is 2.18. The van der Waals surface area contributed by atoms with Gasteiger partial charge in [0.05, 0.1) is 6.61 Å². The summed E-state index contributed by atoms with van der Waals surface area (Å²) in [6, 6.07) is -2.60. The maximum absolute atomic E-state index is 13.3. The summed E-state index contributed by atoms with van der Waals surface area (Å²) in [5, 5.41) is 24.2. The van der Waals surface area contributed by atoms with Gasteiger partial charge in [-0.25, -0.2) is 4.79 Å². The molecule has 0 rings (SSSR count). The number of hydrogen-bond donors (Lipinski definition) is 4. The predicted molar refractivity (Wildman–Crippen MR) is 288 cm³/mol. The van der Waals surface area contributed by atoms with Crippen molar-refractivity contribution in [3.8, 4) is 0 Å². The van der Waals surface area contributed by atoms with Gasteiger partial charge in [-0.1, -0.05) is 252 Å². The van der Waals surface area contributed by atoms with Crippen LogP contribution in [0.25, 0.3) is 0 Å². The first kappa shape index (κ1) is 66.7. The molecular weight excluding hydrogens is 889 g/mol. The van der Waals surface area contributed by atoms with Gasteiger partial charge in [0, 0.05) is 30.8 Å². The molecule has 0 bridgehead atoms. The highest BCUT2D eigenvalue weighted by atomic mass is 32.2. The number of esters is 2. The molecule has 0 aromatic heterocycles. The van der Waals surface area contributed by atoms with Crippen LogP contribution in [0.3, 0.4) is 0 Å². The van der Waals surface area contributed by atoms with E-state index in [4.69, 9.17) is 9.47 Å². The highest BCUT2D eigenvalue weighted by molar-refractivity contribution is 7.99. The number of unbranched alkanes of at least 4 members (excludes halogenated alkanes) is 36. The molecule has 0 aliphatic rings. The molecule has 3 atom stereocenters. The van der Waals surface area contributed by atoms with Crippen LogP contribution in [0.1, 0.15) is 290 Å². The van der Waals surface area contributed by atoms with E-state index in [1.165, 1.54) is 192 Å². The van der Waals surface area contributed by atoms with E-state index in [1.54, 1.807) is 0 Å². The molecule has 4 N–H and O–H groups in total. The Labute approximate surface area is 427 Å². The van der Waals surface area contributed by atoms with E-state index in [2.05, 4.69) is 31.4 Å². The normalized spacial score (nSPS) is 12.6. The van der Waals surface area contributed by atoms with E-state index in [-0.39, 0.29) is 48.8 Å². The minimum atomic E-state index is -1.52. The van der Waals surface area contributed by atoms with Crippen LogP contribution in [0.2, 0.25) is 0 Å². The maximum Gasteiger partial charge on any atom is 0.328 e. The van der Waals surface area contributed by atoms with Gasteiger partial charge in [0.25, 0.3) is 0 Å². The average Bonchev–Trinajstić information content (AvgIpc) is 3.33. The molecule has 0 aromatic rings. The molecule has 2 amide bonds. The number of thioether (sulfide) groups is 1. The first-order valence-electron chi connectivity index (χ1n) is 29.0. The van der Waals surface area contributed by atoms with E-state index in [0.717, 1.165) is 64.2 Å². The number of rotatable bonds is 54. The quantitative estimate of drug-likeness (QED) is 0.0340. The van der Waals surface area contributed by atoms with Gasteiger partial charge in [0.15, 0.2) is 0 Å². The second kappa shape index (κ2) is 52.0. The van der Waals surface area contributed by atoms with Crippen LogP contribution in [0, 0.1) is 0 Å². The second-order valence-corrected chi connectivity index (χ2v) is 21.1. The van der Waals surface area contributed by atoms with Crippen molar-refractivity contribution in [3.63, 3.8) is 0 Å². The van der Waals surface area contributed by atoms with E-state index in [9.17, 15) is 34.2 Å². The Bertz CT molecular complexity index is 1210. The fourth-order valence-electron chi connectivity index (χ4n) is 8.72. The summed E-state index contributed by atoms with van der Waals surface area (Å²) in [6.07, 6.45) is 46.9. The number of aliphatic hydroxyl groups excluding tert-OH is 1. The van der Waals surface area contributed by atoms with Crippen molar-refractivity contribution >= 4 is 41.5 Å². The lowest BCUT2D eigenvalue weighted by atomic mass is 10.0. The number of aliphatic carboxylic acids is 1. The lowest BCUT2D eigenvalue weighted by Crippen LogP contribution is -2.53. The minimum absolute atomic E-state index is 0.0633. The van der Waals surface area contributed by atoms with Gasteiger partial charge in [-0.15, -0.1) is 0 Å². The molecule has 11 nitrogen and oxygen atoms in total. The largest absolute Gasteiger partial charge is 0.480 e. The van der Waals surface area contributed by atoms with Crippen LogP contribution < -0.4 is 10.6 Å². The van der Waals surface area contributed by atoms with Gasteiger partial charge in [0.1, 0.15) is 24.8 Å². The molecule has 69 heavy (non-hydrogen) atoms. The number of carboxylic acids is 1. The van der Waals surface area contributed by atoms with E-state index < -0.39 is 36.7 Å². The van der Waals surface area contributed by atoms with E-state index >= 15 is 0 Å². The molecule has 0 saturated heterocycles. The summed E-state index contributed by atoms with van der Waals surface area (Å²) in [7, 11) is 0. The van der Waals surface area contributed by atoms with Crippen molar-refractivity contribution in [1.82, 2.24) is 10.6 Å². The zero-order valence-corrected chi connectivity index (χ0v) is 45.7. The number of carbonyl (C=O) groups excluding carboxylic acids is 4. The number of carboxylic acid groups (broad SMARTS) is 1. The Hall–Kier alpha value is -2.34. The molecular formula is C57H108N2O9S. The molecule has 0 aromatic carbocycles. The Morgan fingerprint density at radius 1 is 0.420 bits per heavy atom. The van der Waals surface area contributed by atoms with Crippen LogP contribution in [0.15, 0.2) is 0 Å². The summed E-state index contributed by atoms with van der Waals surface area (Å²) < 4.78 is 11.5. The van der Waals surface area contributed by atoms with Crippen LogP contribution >= 0.6 is 11.8 Å². The van der Waals surface area contributed by atoms with Crippen molar-refractivity contribution in [2.75, 3.05) is 24.7 Å². The molecule has 0 heterocycles. The van der Waals surface area contributed by atoms with Crippen molar-refractivity contribution in [1.29, 1.82) is 0 Å². The third kappa shape index (κ3) is 46.5. The molecule has 12 heteroatoms. The molecule has 0 aliphatic carbocycles. The van der Waals surface area contributed by atoms with Gasteiger partial charge in [-0.2, -0.15) is 11.8 Å². The van der Waals surface area contributed by atoms with Gasteiger partial charge in [-0.3, -0.25) is 19.2 Å². The fourth-order valence-corrected chi connectivity index (χ4v) is 9.75. The molecule has 0 aliphatic heterocycles. The Kier molecular flexibility index (Phi) is 50.2. The minimum Gasteiger partial charge on any atom is -0.480 e. The monoisotopic (exact) mass is 997 g/mol. The third-order valence-electron chi connectivity index (χ3n) is 13.2. The summed E-state index contributed by atoms with van der Waals surface area (Å²) in [4.78, 5) is 63.9. The number of ether oxygens (including phenoxy) is 2. The summed E-state index contributed by atoms with van der Waals surface area (Å²) in [6.45, 7) is 5.83. The third-order valence-corrected chi connectivity index (χ3v) is 14.4. The molecule has 0 saturated carbocycles. The summed E-state index contributed by atoms with van der Waals surface area (Å²) in [5.41, 5.74) is 0. The Balaban J connectivity index is 5.08. The number of aliphatic hydroxyl groups is 1. The Morgan fingerprint density at radius 3 is 1.10 bits per heavy atom. The van der Waals surface area contributed by atoms with E-state index in [0.29, 0.717) is 12.8 Å². The standard InChI is InChI=1S/C57H108N2O9S/c1-4-7-10-13-16-19-22-25-28-31-34-37-40-43-53(61)58-52(56(64)59-51(46-60)57(65)66)49-69-48-50(68-55(63)45-42-39-36-33-30-27-24-21-18-15-12-9-6-3)47-67-54(62)44-41-38-35-32-29-26-23-20-17-14-11-8-5-2/h50-52,60H,4-49H2,1-3H3,(H,58,61)(H,59,64)(H,65,66)/t50?,51-,52-/m0/s1. The molecule has 406 valence electrons. The zero-order valence-electron chi connectivity index (χ0n) is 44.9. The fraction of sp³-hybridized carbons (Fsp3) is 0.912. The lowest BCUT2D eigenvalue weighted by molar-refractivity contribution is -0.157. The first-order valence-corrected chi connectivity index (χ1v) is 30.2. The van der Waals surface area contributed by atoms with Gasteiger partial charge < -0.3 is 30.3 Å². The summed E-state index contributed by atoms with van der Waals surface area (Å²) in [5.74, 6) is -2.83. The summed E-state index contributed by atoms with van der Waals surface area (Å²) >= 11 is 1.26. The topological polar surface area (TPSA) is 168 Å². The number of carbonyl (C=O) groups is 5. The maximum atomic E-state index is 13.3. The Morgan fingerprint density at radius 2 is 0.754 bits per heavy atom. The predicted octanol–water partition coefficient (Wildman–Crippen LogP) is 14.7. The van der Waals surface area contributed by atoms with Crippen molar-refractivity contribution < 1.29 is 43.7 Å². The SMILES string of the molecule is CCCCCCCCCCCCCCCC(=O)N[C@@H](CSCC(COC(=O)CCCCCCCCCCCCCCC)OC(=O)CCCCCCCCCCCCCCC)C(=O)N[C@@H](CO)C(=O)O. The van der Waals surface area contributed by atoms with Crippen LogP contribution in [-0.4, -0.2) is 82.8 Å². The van der Waals surface area contributed by atoms with Gasteiger partial charge >= 0.3 is 17.9 Å². The van der Waals surface area contributed by atoms with Crippen molar-refractivity contribution in [2.24, 2.45) is 0 Å². The average molecular weight is 998 g/mol. The highest BCUT2D eigenvalue weighted by Gasteiger charge is 2.27. The van der Waals surface area contributed by atoms with Crippen LogP contribution in [0.5, 0.6) is 0 Å². The number of hydrogen-bond acceptors (Lipinski definition) is 9. The first-order chi connectivity index (χ1) is 33.7. The smallest absolute Gasteiger partial charge is 0.328 e. The van der Waals surface area contributed by atoms with Gasteiger partial charge in [-0.05, 0) is 19.3 Å². The van der Waals surface area contributed by atoms with Crippen LogP contribution in [-0.2, 0) is 33.4 Å². The van der Waals surface area contributed by atoms with E-state index in [1.807, 2.05) is 0 Å². The molecule has 0 fully saturated rings. The second-order valence-electron chi connectivity index (χ2n) is 20.0. The zero-order chi connectivity index (χ0) is 50.7. The molecule has 0 radical (unpaired) electrons. The lowest BCUT2D eigenvalue weighted by Gasteiger charge is -2.22. The molecule has 0 spiro atoms. The van der Waals surface area contributed by atoms with Crippen LogP contribution in [0.4, 0.5) is 0 Å². The molecule has 1 unspecified atom stereocenters. The number of nitrogens with one attached hydrogen (secondary N) is 2.